The molecule has 2 rings (SSSR count). The van der Waals surface area contributed by atoms with Crippen LogP contribution < -0.4 is 5.32 Å². The Kier molecular flexibility index (Phi) is 6.86. The van der Waals surface area contributed by atoms with Crippen molar-refractivity contribution in [1.29, 1.82) is 0 Å². The van der Waals surface area contributed by atoms with Gasteiger partial charge < -0.3 is 10.2 Å². The number of carbonyl (C=O) groups excluding carboxylic acids is 1. The van der Waals surface area contributed by atoms with Gasteiger partial charge in [0.15, 0.2) is 0 Å². The molecule has 1 aromatic rings. The molecular weight excluding hydrogens is 398 g/mol. The summed E-state index contributed by atoms with van der Waals surface area (Å²) in [7, 11) is 1.94. The largest absolute Gasteiger partial charge is 0.337 e. The number of halogens is 3. The summed E-state index contributed by atoms with van der Waals surface area (Å²) in [6.45, 7) is 1.61. The van der Waals surface area contributed by atoms with Crippen LogP contribution >= 0.6 is 46.6 Å². The smallest absolute Gasteiger partial charge is 0.253 e. The maximum absolute atomic E-state index is 12.4. The summed E-state index contributed by atoms with van der Waals surface area (Å²) in [5.41, 5.74) is 0.678. The second kappa shape index (κ2) is 7.67. The summed E-state index contributed by atoms with van der Waals surface area (Å²) >= 11 is 8.22. The van der Waals surface area contributed by atoms with Crippen LogP contribution in [0.1, 0.15) is 23.2 Å². The zero-order chi connectivity index (χ0) is 13.1. The number of nitrogens with zero attached hydrogens (tertiary/aromatic N) is 1. The van der Waals surface area contributed by atoms with Crippen molar-refractivity contribution in [2.45, 2.75) is 18.9 Å². The summed E-state index contributed by atoms with van der Waals surface area (Å²) < 4.78 is 0.970. The van der Waals surface area contributed by atoms with E-state index in [1.807, 2.05) is 24.1 Å². The number of rotatable bonds is 2. The zero-order valence-electron chi connectivity index (χ0n) is 10.7. The van der Waals surface area contributed by atoms with Gasteiger partial charge in [-0.15, -0.1) is 12.4 Å². The molecule has 1 aliphatic heterocycles. The fraction of sp³-hybridized carbons (Fsp3) is 0.462. The van der Waals surface area contributed by atoms with Gasteiger partial charge in [-0.25, -0.2) is 0 Å². The van der Waals surface area contributed by atoms with Crippen LogP contribution in [-0.4, -0.2) is 37.0 Å². The first-order valence-corrected chi connectivity index (χ1v) is 7.49. The van der Waals surface area contributed by atoms with E-state index in [1.54, 1.807) is 6.07 Å². The van der Waals surface area contributed by atoms with Crippen molar-refractivity contribution < 1.29 is 4.79 Å². The van der Waals surface area contributed by atoms with Crippen molar-refractivity contribution in [1.82, 2.24) is 10.2 Å². The van der Waals surface area contributed by atoms with E-state index in [0.717, 1.165) is 29.5 Å². The molecule has 0 aliphatic carbocycles. The predicted molar refractivity (Wildman–Crippen MR) is 89.4 cm³/mol. The van der Waals surface area contributed by atoms with E-state index in [9.17, 15) is 4.79 Å². The first-order chi connectivity index (χ1) is 8.61. The van der Waals surface area contributed by atoms with E-state index in [2.05, 4.69) is 27.9 Å². The van der Waals surface area contributed by atoms with Crippen molar-refractivity contribution in [3.8, 4) is 0 Å². The molecule has 1 aliphatic rings. The Balaban J connectivity index is 0.00000180. The van der Waals surface area contributed by atoms with E-state index in [-0.39, 0.29) is 18.3 Å². The van der Waals surface area contributed by atoms with Crippen LogP contribution in [0.25, 0.3) is 0 Å². The molecule has 106 valence electrons. The van der Waals surface area contributed by atoms with Crippen molar-refractivity contribution in [3.05, 3.63) is 32.4 Å². The topological polar surface area (TPSA) is 32.3 Å². The van der Waals surface area contributed by atoms with Crippen LogP contribution in [0.3, 0.4) is 0 Å². The number of likely N-dealkylation sites (tertiary alicyclic amines) is 1. The highest BCUT2D eigenvalue weighted by molar-refractivity contribution is 14.1. The molecule has 0 saturated carbocycles. The van der Waals surface area contributed by atoms with Gasteiger partial charge in [-0.3, -0.25) is 4.79 Å². The van der Waals surface area contributed by atoms with Gasteiger partial charge in [-0.1, -0.05) is 11.6 Å². The Labute approximate surface area is 138 Å². The minimum atomic E-state index is 0. The average Bonchev–Trinajstić information content (AvgIpc) is 2.41. The van der Waals surface area contributed by atoms with Gasteiger partial charge in [0.05, 0.1) is 5.02 Å². The predicted octanol–water partition coefficient (Wildman–Crippen LogP) is 3.19. The molecule has 0 spiro atoms. The molecule has 6 heteroatoms. The van der Waals surface area contributed by atoms with E-state index >= 15 is 0 Å². The summed E-state index contributed by atoms with van der Waals surface area (Å²) in [6.07, 6.45) is 2.18. The highest BCUT2D eigenvalue weighted by atomic mass is 127. The van der Waals surface area contributed by atoms with Crippen molar-refractivity contribution in [2.75, 3.05) is 20.1 Å². The first kappa shape index (κ1) is 17.0. The number of hydrogen-bond acceptors (Lipinski definition) is 2. The normalized spacial score (nSPS) is 18.9. The van der Waals surface area contributed by atoms with E-state index in [4.69, 9.17) is 11.6 Å². The number of nitrogens with one attached hydrogen (secondary N) is 1. The van der Waals surface area contributed by atoms with E-state index < -0.39 is 0 Å². The van der Waals surface area contributed by atoms with Crippen LogP contribution in [0.2, 0.25) is 5.02 Å². The lowest BCUT2D eigenvalue weighted by atomic mass is 10.0. The summed E-state index contributed by atoms with van der Waals surface area (Å²) in [5.74, 6) is 0.0771. The molecular formula is C13H17Cl2IN2O. The van der Waals surface area contributed by atoms with E-state index in [0.29, 0.717) is 16.6 Å². The van der Waals surface area contributed by atoms with Crippen LogP contribution in [0.15, 0.2) is 18.2 Å². The van der Waals surface area contributed by atoms with Gasteiger partial charge in [0.2, 0.25) is 0 Å². The van der Waals surface area contributed by atoms with Crippen molar-refractivity contribution >= 4 is 52.5 Å². The molecule has 1 aromatic carbocycles. The molecule has 3 nitrogen and oxygen atoms in total. The summed E-state index contributed by atoms with van der Waals surface area (Å²) in [4.78, 5) is 14.3. The monoisotopic (exact) mass is 414 g/mol. The van der Waals surface area contributed by atoms with Gasteiger partial charge in [-0.2, -0.15) is 0 Å². The minimum absolute atomic E-state index is 0. The van der Waals surface area contributed by atoms with Gasteiger partial charge in [-0.05, 0) is 60.7 Å². The Morgan fingerprint density at radius 2 is 2.26 bits per heavy atom. The molecule has 1 heterocycles. The van der Waals surface area contributed by atoms with Crippen LogP contribution in [-0.2, 0) is 0 Å². The lowest BCUT2D eigenvalue weighted by Crippen LogP contribution is -2.46. The lowest BCUT2D eigenvalue weighted by molar-refractivity contribution is 0.0698. The maximum Gasteiger partial charge on any atom is 0.253 e. The van der Waals surface area contributed by atoms with Gasteiger partial charge in [0.1, 0.15) is 0 Å². The standard InChI is InChI=1S/C13H16ClIN2O.ClH/c1-16-10-3-2-6-17(8-10)13(18)9-4-5-12(15)11(14)7-9;/h4-5,7,10,16H,2-3,6,8H2,1H3;1H. The Bertz CT molecular complexity index is 456. The number of benzene rings is 1. The third-order valence-electron chi connectivity index (χ3n) is 3.28. The lowest BCUT2D eigenvalue weighted by Gasteiger charge is -2.32. The molecule has 1 saturated heterocycles. The summed E-state index contributed by atoms with van der Waals surface area (Å²) in [6, 6.07) is 5.89. The number of hydrogen-bond donors (Lipinski definition) is 1. The van der Waals surface area contributed by atoms with Gasteiger partial charge in [0.25, 0.3) is 5.91 Å². The number of carbonyl (C=O) groups is 1. The van der Waals surface area contributed by atoms with Gasteiger partial charge >= 0.3 is 0 Å². The third kappa shape index (κ3) is 4.21. The van der Waals surface area contributed by atoms with Crippen molar-refractivity contribution in [2.24, 2.45) is 0 Å². The molecule has 1 atom stereocenters. The molecule has 19 heavy (non-hydrogen) atoms. The maximum atomic E-state index is 12.4. The highest BCUT2D eigenvalue weighted by Crippen LogP contribution is 2.21. The van der Waals surface area contributed by atoms with Crippen LogP contribution in [0, 0.1) is 3.57 Å². The fourth-order valence-corrected chi connectivity index (χ4v) is 2.73. The van der Waals surface area contributed by atoms with Crippen molar-refractivity contribution in [3.63, 3.8) is 0 Å². The quantitative estimate of drug-likeness (QED) is 0.753. The molecule has 1 fully saturated rings. The molecule has 1 unspecified atom stereocenters. The number of amides is 1. The zero-order valence-corrected chi connectivity index (χ0v) is 14.4. The number of likely N-dealkylation sites (N-methyl/N-ethyl adjacent to an activating group) is 1. The second-order valence-corrected chi connectivity index (χ2v) is 6.08. The van der Waals surface area contributed by atoms with Gasteiger partial charge in [0, 0.05) is 28.3 Å². The SMILES string of the molecule is CNC1CCCN(C(=O)c2ccc(I)c(Cl)c2)C1.Cl. The summed E-state index contributed by atoms with van der Waals surface area (Å²) in [5, 5.41) is 3.88. The highest BCUT2D eigenvalue weighted by Gasteiger charge is 2.23. The molecule has 0 radical (unpaired) electrons. The number of piperidine rings is 1. The Hall–Kier alpha value is -0.0400. The van der Waals surface area contributed by atoms with Crippen LogP contribution in [0.5, 0.6) is 0 Å². The Morgan fingerprint density at radius 1 is 1.53 bits per heavy atom. The molecule has 1 amide bonds. The minimum Gasteiger partial charge on any atom is -0.337 e. The van der Waals surface area contributed by atoms with Crippen LogP contribution in [0.4, 0.5) is 0 Å². The molecule has 0 aromatic heterocycles. The average molecular weight is 415 g/mol. The third-order valence-corrected chi connectivity index (χ3v) is 4.86. The Morgan fingerprint density at radius 3 is 2.89 bits per heavy atom. The first-order valence-electron chi connectivity index (χ1n) is 6.03. The fourth-order valence-electron chi connectivity index (χ4n) is 2.21. The van der Waals surface area contributed by atoms with E-state index in [1.165, 1.54) is 0 Å². The molecule has 1 N–H and O–H groups in total. The molecule has 0 bridgehead atoms. The second-order valence-electron chi connectivity index (χ2n) is 4.51.